The highest BCUT2D eigenvalue weighted by molar-refractivity contribution is 8.00. The maximum Gasteiger partial charge on any atom is 0.303 e. The molecule has 2 aliphatic rings. The number of primary amides is 1. The Bertz CT molecular complexity index is 1230. The van der Waals surface area contributed by atoms with Crippen LogP contribution >= 0.6 is 11.8 Å². The van der Waals surface area contributed by atoms with E-state index in [-0.39, 0.29) is 5.75 Å². The van der Waals surface area contributed by atoms with Crippen LogP contribution < -0.4 is 5.73 Å². The molecule has 48 heavy (non-hydrogen) atoms. The van der Waals surface area contributed by atoms with E-state index in [1.54, 1.807) is 0 Å². The van der Waals surface area contributed by atoms with Crippen LogP contribution in [0.5, 0.6) is 0 Å². The van der Waals surface area contributed by atoms with E-state index >= 15 is 0 Å². The molecule has 0 saturated carbocycles. The summed E-state index contributed by atoms with van der Waals surface area (Å²) in [4.78, 5) is 96.3. The van der Waals surface area contributed by atoms with Gasteiger partial charge in [-0.15, -0.1) is 11.8 Å². The van der Waals surface area contributed by atoms with Gasteiger partial charge in [0.15, 0.2) is 36.8 Å². The molecule has 0 aromatic carbocycles. The van der Waals surface area contributed by atoms with Gasteiger partial charge in [-0.3, -0.25) is 38.4 Å². The highest BCUT2D eigenvalue weighted by Crippen LogP contribution is 2.37. The van der Waals surface area contributed by atoms with Crippen LogP contribution in [0.4, 0.5) is 0 Å². The molecule has 0 unspecified atom stereocenters. The number of rotatable bonds is 14. The highest BCUT2D eigenvalue weighted by atomic mass is 32.2. The van der Waals surface area contributed by atoms with Crippen LogP contribution in [-0.2, 0) is 85.7 Å². The zero-order valence-electron chi connectivity index (χ0n) is 27.2. The fourth-order valence-corrected chi connectivity index (χ4v) is 5.72. The Labute approximate surface area is 278 Å². The summed E-state index contributed by atoms with van der Waals surface area (Å²) in [6.45, 7) is 6.24. The van der Waals surface area contributed by atoms with E-state index in [4.69, 9.17) is 53.1 Å². The van der Waals surface area contributed by atoms with E-state index in [9.17, 15) is 38.4 Å². The summed E-state index contributed by atoms with van der Waals surface area (Å²) in [5.41, 5.74) is 4.06. The van der Waals surface area contributed by atoms with Crippen LogP contribution in [0.25, 0.3) is 0 Å². The van der Waals surface area contributed by atoms with Gasteiger partial charge in [-0.25, -0.2) is 0 Å². The molecule has 20 heteroatoms. The number of hydrogen-bond donors (Lipinski definition) is 1. The average molecular weight is 710 g/mol. The van der Waals surface area contributed by atoms with Crippen LogP contribution in [0.3, 0.4) is 0 Å². The van der Waals surface area contributed by atoms with Crippen molar-refractivity contribution in [3.8, 4) is 0 Å². The van der Waals surface area contributed by atoms with E-state index in [0.717, 1.165) is 60.2 Å². The predicted molar refractivity (Wildman–Crippen MR) is 155 cm³/mol. The molecule has 2 rings (SSSR count). The van der Waals surface area contributed by atoms with E-state index in [0.29, 0.717) is 0 Å². The summed E-state index contributed by atoms with van der Waals surface area (Å²) < 4.78 is 55.7. The van der Waals surface area contributed by atoms with Gasteiger partial charge in [0.25, 0.3) is 0 Å². The Morgan fingerprint density at radius 1 is 0.521 bits per heavy atom. The average Bonchev–Trinajstić information content (AvgIpc) is 2.94. The van der Waals surface area contributed by atoms with Crippen LogP contribution in [0.1, 0.15) is 48.5 Å². The lowest BCUT2D eigenvalue weighted by Gasteiger charge is -2.48. The molecule has 2 heterocycles. The smallest absolute Gasteiger partial charge is 0.303 e. The molecule has 2 aliphatic heterocycles. The molecule has 1 amide bonds. The molecular weight excluding hydrogens is 670 g/mol. The van der Waals surface area contributed by atoms with Gasteiger partial charge in [0.1, 0.15) is 37.0 Å². The van der Waals surface area contributed by atoms with Crippen molar-refractivity contribution in [2.24, 2.45) is 5.73 Å². The first-order valence-corrected chi connectivity index (χ1v) is 15.4. The van der Waals surface area contributed by atoms with E-state index in [1.807, 2.05) is 0 Å². The molecule has 2 N–H and O–H groups in total. The van der Waals surface area contributed by atoms with Gasteiger partial charge in [0.2, 0.25) is 5.91 Å². The summed E-state index contributed by atoms with van der Waals surface area (Å²) in [6.07, 6.45) is -14.0. The number of carbonyl (C=O) groups is 8. The minimum atomic E-state index is -1.80. The number of thioether (sulfide) groups is 1. The van der Waals surface area contributed by atoms with Gasteiger partial charge in [-0.05, 0) is 0 Å². The Morgan fingerprint density at radius 3 is 1.35 bits per heavy atom. The molecular formula is C28H39NO18S. The largest absolute Gasteiger partial charge is 0.463 e. The quantitative estimate of drug-likeness (QED) is 0.164. The highest BCUT2D eigenvalue weighted by Gasteiger charge is 2.57. The second-order valence-corrected chi connectivity index (χ2v) is 11.5. The Hall–Kier alpha value is -4.01. The van der Waals surface area contributed by atoms with Crippen molar-refractivity contribution in [2.75, 3.05) is 19.0 Å². The molecule has 0 aromatic rings. The summed E-state index contributed by atoms with van der Waals surface area (Å²) in [5.74, 6) is -7.05. The van der Waals surface area contributed by atoms with E-state index in [2.05, 4.69) is 0 Å². The van der Waals surface area contributed by atoms with Crippen LogP contribution in [0.2, 0.25) is 0 Å². The van der Waals surface area contributed by atoms with Crippen molar-refractivity contribution >= 4 is 59.5 Å². The Balaban J connectivity index is 2.72. The number of hydrogen-bond acceptors (Lipinski definition) is 19. The molecule has 270 valence electrons. The van der Waals surface area contributed by atoms with Crippen LogP contribution in [0.15, 0.2) is 0 Å². The molecule has 19 nitrogen and oxygen atoms in total. The minimum Gasteiger partial charge on any atom is -0.463 e. The first-order chi connectivity index (χ1) is 22.4. The van der Waals surface area contributed by atoms with Crippen molar-refractivity contribution in [3.05, 3.63) is 0 Å². The van der Waals surface area contributed by atoms with Crippen molar-refractivity contribution in [1.82, 2.24) is 0 Å². The first-order valence-electron chi connectivity index (χ1n) is 14.4. The van der Waals surface area contributed by atoms with Crippen LogP contribution in [0, 0.1) is 0 Å². The summed E-state index contributed by atoms with van der Waals surface area (Å²) >= 11 is 0.788. The molecule has 2 saturated heterocycles. The van der Waals surface area contributed by atoms with Crippen molar-refractivity contribution in [1.29, 1.82) is 0 Å². The van der Waals surface area contributed by atoms with Gasteiger partial charge < -0.3 is 53.1 Å². The topological polar surface area (TPSA) is 255 Å². The van der Waals surface area contributed by atoms with E-state index in [1.165, 1.54) is 0 Å². The number of esters is 7. The number of carbonyl (C=O) groups excluding carboxylic acids is 8. The molecule has 10 atom stereocenters. The second-order valence-electron chi connectivity index (χ2n) is 10.4. The summed E-state index contributed by atoms with van der Waals surface area (Å²) in [7, 11) is 0. The normalized spacial score (nSPS) is 29.7. The molecule has 0 aliphatic carbocycles. The number of amides is 1. The van der Waals surface area contributed by atoms with Crippen molar-refractivity contribution in [3.63, 3.8) is 0 Å². The third-order valence-corrected chi connectivity index (χ3v) is 7.43. The standard InChI is InChI=1S/C28H39NO18S/c1-11(30)38-8-18-21(40-13(3)32)23(41-14(4)33)25(43-16(6)35)27(45-18)47-22-19(9-39-12(2)31)46-28(48-10-20(29)37)26(44-17(7)36)24(22)42-15(5)34/h18-19,21-28H,8-10H2,1-7H3,(H2,29,37)/t18-,19-,21-,22-,23+,24+,25-,26-,27+,28+/m1/s1. The molecule has 0 spiro atoms. The first kappa shape index (κ1) is 40.2. The fourth-order valence-electron chi connectivity index (χ4n) is 4.77. The molecule has 2 fully saturated rings. The Kier molecular flexibility index (Phi) is 15.5. The van der Waals surface area contributed by atoms with Crippen molar-refractivity contribution in [2.45, 2.75) is 109 Å². The van der Waals surface area contributed by atoms with Crippen LogP contribution in [-0.4, -0.2) is 127 Å². The zero-order valence-corrected chi connectivity index (χ0v) is 28.0. The third-order valence-electron chi connectivity index (χ3n) is 6.28. The third kappa shape index (κ3) is 12.5. The minimum absolute atomic E-state index is 0.333. The molecule has 0 bridgehead atoms. The lowest BCUT2D eigenvalue weighted by molar-refractivity contribution is -0.341. The van der Waals surface area contributed by atoms with Gasteiger partial charge in [-0.1, -0.05) is 0 Å². The van der Waals surface area contributed by atoms with Crippen molar-refractivity contribution < 1.29 is 85.7 Å². The van der Waals surface area contributed by atoms with Gasteiger partial charge >= 0.3 is 41.8 Å². The Morgan fingerprint density at radius 2 is 0.917 bits per heavy atom. The van der Waals surface area contributed by atoms with Gasteiger partial charge in [0, 0.05) is 48.5 Å². The monoisotopic (exact) mass is 709 g/mol. The SMILES string of the molecule is CC(=O)OC[C@H]1O[C@@H](SCC(N)=O)[C@H](OC(C)=O)[C@@H](OC(C)=O)[C@@H]1O[C@@H]1O[C@H](COC(C)=O)[C@@H](OC(C)=O)[C@H](OC(C)=O)[C@H]1OC(C)=O. The number of nitrogens with two attached hydrogens (primary N) is 1. The lowest BCUT2D eigenvalue weighted by Crippen LogP contribution is -2.66. The number of ether oxygens (including phenoxy) is 10. The summed E-state index contributed by atoms with van der Waals surface area (Å²) in [6, 6.07) is 0. The second kappa shape index (κ2) is 18.5. The lowest BCUT2D eigenvalue weighted by atomic mass is 9.96. The fraction of sp³-hybridized carbons (Fsp3) is 0.714. The van der Waals surface area contributed by atoms with Gasteiger partial charge in [-0.2, -0.15) is 0 Å². The predicted octanol–water partition coefficient (Wildman–Crippen LogP) is -1.18. The summed E-state index contributed by atoms with van der Waals surface area (Å²) in [5, 5.41) is 0. The van der Waals surface area contributed by atoms with E-state index < -0.39 is 121 Å². The maximum atomic E-state index is 12.4. The molecule has 0 aromatic heterocycles. The van der Waals surface area contributed by atoms with Gasteiger partial charge in [0.05, 0.1) is 5.75 Å². The molecule has 0 radical (unpaired) electrons. The zero-order chi connectivity index (χ0) is 36.3. The maximum absolute atomic E-state index is 12.4.